The first-order valence-corrected chi connectivity index (χ1v) is 9.62. The van der Waals surface area contributed by atoms with E-state index in [0.29, 0.717) is 10.9 Å². The van der Waals surface area contributed by atoms with Crippen molar-refractivity contribution in [2.45, 2.75) is 25.4 Å². The van der Waals surface area contributed by atoms with E-state index < -0.39 is 0 Å². The molecule has 1 atom stereocenters. The van der Waals surface area contributed by atoms with Crippen molar-refractivity contribution in [1.82, 2.24) is 20.2 Å². The van der Waals surface area contributed by atoms with Crippen molar-refractivity contribution in [2.75, 3.05) is 13.1 Å². The van der Waals surface area contributed by atoms with Crippen LogP contribution in [0.1, 0.15) is 28.3 Å². The highest BCUT2D eigenvalue weighted by Crippen LogP contribution is 2.17. The number of rotatable bonds is 4. The van der Waals surface area contributed by atoms with Gasteiger partial charge in [0.2, 0.25) is 0 Å². The molecule has 26 heavy (non-hydrogen) atoms. The number of carbonyl (C=O) groups is 1. The standard InChI is InChI=1S/C19H20N4O2S/c24-18-15-7-1-2-8-16(15)21-17(22-18)19(25)20-13-5-3-9-23(11-13)12-14-6-4-10-26-14/h1-2,4,6-8,10,13H,3,5,9,11-12H2,(H,20,25)(H,21,22,24). The van der Waals surface area contributed by atoms with Gasteiger partial charge in [0.05, 0.1) is 10.9 Å². The second-order valence-electron chi connectivity index (χ2n) is 6.56. The van der Waals surface area contributed by atoms with Crippen molar-refractivity contribution in [2.24, 2.45) is 0 Å². The van der Waals surface area contributed by atoms with Crippen molar-refractivity contribution in [3.05, 3.63) is 62.8 Å². The van der Waals surface area contributed by atoms with Crippen LogP contribution in [0.3, 0.4) is 0 Å². The highest BCUT2D eigenvalue weighted by atomic mass is 32.1. The van der Waals surface area contributed by atoms with E-state index >= 15 is 0 Å². The van der Waals surface area contributed by atoms with Crippen LogP contribution in [0, 0.1) is 0 Å². The molecule has 0 radical (unpaired) electrons. The summed E-state index contributed by atoms with van der Waals surface area (Å²) in [7, 11) is 0. The number of thiophene rings is 1. The van der Waals surface area contributed by atoms with Crippen molar-refractivity contribution in [1.29, 1.82) is 0 Å². The topological polar surface area (TPSA) is 78.1 Å². The summed E-state index contributed by atoms with van der Waals surface area (Å²) < 4.78 is 0. The van der Waals surface area contributed by atoms with Crippen LogP contribution in [-0.4, -0.2) is 39.9 Å². The molecular formula is C19H20N4O2S. The van der Waals surface area contributed by atoms with E-state index in [1.165, 1.54) is 4.88 Å². The van der Waals surface area contributed by atoms with Gasteiger partial charge in [-0.3, -0.25) is 14.5 Å². The molecule has 1 aromatic carbocycles. The highest BCUT2D eigenvalue weighted by molar-refractivity contribution is 7.09. The van der Waals surface area contributed by atoms with Crippen LogP contribution >= 0.6 is 11.3 Å². The number of aromatic nitrogens is 2. The first-order chi connectivity index (χ1) is 12.7. The van der Waals surface area contributed by atoms with Gasteiger partial charge in [0, 0.05) is 24.0 Å². The van der Waals surface area contributed by atoms with Gasteiger partial charge in [0.25, 0.3) is 11.5 Å². The zero-order valence-electron chi connectivity index (χ0n) is 14.3. The molecule has 1 aliphatic rings. The quantitative estimate of drug-likeness (QED) is 0.741. The third kappa shape index (κ3) is 3.68. The fourth-order valence-electron chi connectivity index (χ4n) is 3.39. The maximum atomic E-state index is 12.6. The van der Waals surface area contributed by atoms with Crippen molar-refractivity contribution in [3.8, 4) is 0 Å². The van der Waals surface area contributed by atoms with Crippen LogP contribution in [0.15, 0.2) is 46.6 Å². The van der Waals surface area contributed by atoms with E-state index in [2.05, 4.69) is 37.7 Å². The van der Waals surface area contributed by atoms with Crippen molar-refractivity contribution in [3.63, 3.8) is 0 Å². The predicted octanol–water partition coefficient (Wildman–Crippen LogP) is 2.38. The number of hydrogen-bond donors (Lipinski definition) is 2. The number of likely N-dealkylation sites (tertiary alicyclic amines) is 1. The molecule has 1 unspecified atom stereocenters. The van der Waals surface area contributed by atoms with Gasteiger partial charge in [0.15, 0.2) is 5.82 Å². The SMILES string of the molecule is O=C(NC1CCCN(Cc2cccs2)C1)c1nc2ccccc2c(=O)[nH]1. The Bertz CT molecular complexity index is 967. The second kappa shape index (κ2) is 7.39. The monoisotopic (exact) mass is 368 g/mol. The number of hydrogen-bond acceptors (Lipinski definition) is 5. The third-order valence-electron chi connectivity index (χ3n) is 4.63. The highest BCUT2D eigenvalue weighted by Gasteiger charge is 2.23. The molecule has 134 valence electrons. The second-order valence-corrected chi connectivity index (χ2v) is 7.59. The molecule has 3 aromatic rings. The van der Waals surface area contributed by atoms with Gasteiger partial charge in [-0.1, -0.05) is 18.2 Å². The molecule has 0 spiro atoms. The molecule has 1 aliphatic heterocycles. The van der Waals surface area contributed by atoms with E-state index in [-0.39, 0.29) is 23.3 Å². The lowest BCUT2D eigenvalue weighted by Gasteiger charge is -2.32. The van der Waals surface area contributed by atoms with Gasteiger partial charge in [-0.2, -0.15) is 0 Å². The van der Waals surface area contributed by atoms with Crippen molar-refractivity contribution >= 4 is 28.1 Å². The summed E-state index contributed by atoms with van der Waals surface area (Å²) in [4.78, 5) is 35.3. The number of nitrogens with zero attached hydrogens (tertiary/aromatic N) is 2. The molecular weight excluding hydrogens is 348 g/mol. The maximum absolute atomic E-state index is 12.6. The minimum atomic E-state index is -0.323. The summed E-state index contributed by atoms with van der Waals surface area (Å²) in [6.45, 7) is 2.76. The van der Waals surface area contributed by atoms with Gasteiger partial charge in [0.1, 0.15) is 0 Å². The van der Waals surface area contributed by atoms with E-state index in [1.54, 1.807) is 35.6 Å². The number of aromatic amines is 1. The first-order valence-electron chi connectivity index (χ1n) is 8.74. The Hall–Kier alpha value is -2.51. The molecule has 2 N–H and O–H groups in total. The average molecular weight is 368 g/mol. The summed E-state index contributed by atoms with van der Waals surface area (Å²) in [5.41, 5.74) is 0.244. The maximum Gasteiger partial charge on any atom is 0.287 e. The summed E-state index contributed by atoms with van der Waals surface area (Å²) in [5.74, 6) is -0.250. The zero-order valence-corrected chi connectivity index (χ0v) is 15.1. The Kier molecular flexibility index (Phi) is 4.81. The number of piperidine rings is 1. The predicted molar refractivity (Wildman–Crippen MR) is 102 cm³/mol. The van der Waals surface area contributed by atoms with Crippen LogP contribution in [0.5, 0.6) is 0 Å². The fraction of sp³-hybridized carbons (Fsp3) is 0.316. The van der Waals surface area contributed by atoms with Crippen LogP contribution in [0.25, 0.3) is 10.9 Å². The molecule has 0 saturated carbocycles. The lowest BCUT2D eigenvalue weighted by Crippen LogP contribution is -2.47. The Morgan fingerprint density at radius 3 is 3.04 bits per heavy atom. The van der Waals surface area contributed by atoms with Gasteiger partial charge in [-0.15, -0.1) is 11.3 Å². The molecule has 3 heterocycles. The molecule has 1 fully saturated rings. The van der Waals surface area contributed by atoms with Gasteiger partial charge < -0.3 is 10.3 Å². The molecule has 6 nitrogen and oxygen atoms in total. The lowest BCUT2D eigenvalue weighted by molar-refractivity contribution is 0.0891. The Morgan fingerprint density at radius 2 is 2.19 bits per heavy atom. The van der Waals surface area contributed by atoms with E-state index in [1.807, 2.05) is 0 Å². The van der Waals surface area contributed by atoms with Gasteiger partial charge in [-0.05, 0) is 43.0 Å². The number of carbonyl (C=O) groups excluding carboxylic acids is 1. The van der Waals surface area contributed by atoms with E-state index in [4.69, 9.17) is 0 Å². The smallest absolute Gasteiger partial charge is 0.287 e. The molecule has 1 saturated heterocycles. The summed E-state index contributed by atoms with van der Waals surface area (Å²) in [5, 5.41) is 5.60. The van der Waals surface area contributed by atoms with Crippen LogP contribution in [0.4, 0.5) is 0 Å². The van der Waals surface area contributed by atoms with Gasteiger partial charge in [-0.25, -0.2) is 4.98 Å². The fourth-order valence-corrected chi connectivity index (χ4v) is 4.13. The Labute approximate surface area is 154 Å². The molecule has 0 aliphatic carbocycles. The Balaban J connectivity index is 1.45. The number of amides is 1. The average Bonchev–Trinajstić information content (AvgIpc) is 3.15. The van der Waals surface area contributed by atoms with E-state index in [9.17, 15) is 9.59 Å². The van der Waals surface area contributed by atoms with Crippen LogP contribution < -0.4 is 10.9 Å². The van der Waals surface area contributed by atoms with Crippen molar-refractivity contribution < 1.29 is 4.79 Å². The summed E-state index contributed by atoms with van der Waals surface area (Å²) in [6, 6.07) is 11.3. The largest absolute Gasteiger partial charge is 0.345 e. The Morgan fingerprint density at radius 1 is 1.31 bits per heavy atom. The first kappa shape index (κ1) is 16.9. The van der Waals surface area contributed by atoms with Crippen LogP contribution in [-0.2, 0) is 6.54 Å². The lowest BCUT2D eigenvalue weighted by atomic mass is 10.1. The van der Waals surface area contributed by atoms with Crippen LogP contribution in [0.2, 0.25) is 0 Å². The normalized spacial score (nSPS) is 18.1. The molecule has 1 amide bonds. The number of H-pyrrole nitrogens is 1. The number of benzene rings is 1. The molecule has 0 bridgehead atoms. The number of para-hydroxylation sites is 1. The number of nitrogens with one attached hydrogen (secondary N) is 2. The van der Waals surface area contributed by atoms with Gasteiger partial charge >= 0.3 is 0 Å². The third-order valence-corrected chi connectivity index (χ3v) is 5.49. The molecule has 2 aromatic heterocycles. The molecule has 7 heteroatoms. The molecule has 4 rings (SSSR count). The summed E-state index contributed by atoms with van der Waals surface area (Å²) in [6.07, 6.45) is 1.97. The minimum absolute atomic E-state index is 0.0629. The summed E-state index contributed by atoms with van der Waals surface area (Å²) >= 11 is 1.75. The minimum Gasteiger partial charge on any atom is -0.345 e. The zero-order chi connectivity index (χ0) is 17.9. The number of fused-ring (bicyclic) bond motifs is 1. The van der Waals surface area contributed by atoms with E-state index in [0.717, 1.165) is 32.5 Å².